The molecule has 1 aliphatic heterocycles. The van der Waals surface area contributed by atoms with Crippen LogP contribution in [0.1, 0.15) is 19.3 Å². The Bertz CT molecular complexity index is 174. The van der Waals surface area contributed by atoms with Gasteiger partial charge in [-0.15, -0.1) is 0 Å². The summed E-state index contributed by atoms with van der Waals surface area (Å²) in [6, 6.07) is 0. The van der Waals surface area contributed by atoms with E-state index in [-0.39, 0.29) is 0 Å². The number of carbonyl (C=O) groups is 1. The standard InChI is InChI=1S/C10H19NO2/c1-3-4-5-10(12)11(2)6-8-13-9-7-11/h1,3-9H2,2H3/q+1. The zero-order valence-electron chi connectivity index (χ0n) is 8.42. The number of carbonyl (C=O) groups excluding carboxylic acids is 1. The zero-order valence-corrected chi connectivity index (χ0v) is 8.42. The highest BCUT2D eigenvalue weighted by atomic mass is 16.5. The van der Waals surface area contributed by atoms with Crippen LogP contribution in [0.4, 0.5) is 0 Å². The molecule has 1 radical (unpaired) electrons. The number of quaternary nitrogens is 1. The molecule has 75 valence electrons. The third-order valence-corrected chi connectivity index (χ3v) is 2.70. The summed E-state index contributed by atoms with van der Waals surface area (Å²) in [7, 11) is 2.01. The number of morpholine rings is 1. The van der Waals surface area contributed by atoms with Crippen molar-refractivity contribution in [3.05, 3.63) is 6.92 Å². The van der Waals surface area contributed by atoms with Crippen molar-refractivity contribution in [3.8, 4) is 0 Å². The molecule has 0 aromatic rings. The Morgan fingerprint density at radius 2 is 2.08 bits per heavy atom. The molecule has 1 saturated heterocycles. The summed E-state index contributed by atoms with van der Waals surface area (Å²) in [5.74, 6) is 0.340. The average Bonchev–Trinajstić information content (AvgIpc) is 2.15. The molecule has 1 rings (SSSR count). The summed E-state index contributed by atoms with van der Waals surface area (Å²) in [6.45, 7) is 6.83. The summed E-state index contributed by atoms with van der Waals surface area (Å²) in [5.41, 5.74) is 0. The minimum atomic E-state index is 0.340. The van der Waals surface area contributed by atoms with E-state index in [9.17, 15) is 4.79 Å². The van der Waals surface area contributed by atoms with E-state index >= 15 is 0 Å². The molecule has 1 amide bonds. The zero-order chi connectivity index (χ0) is 9.73. The van der Waals surface area contributed by atoms with Crippen LogP contribution in [0.25, 0.3) is 0 Å². The fourth-order valence-corrected chi connectivity index (χ4v) is 1.54. The molecule has 0 bridgehead atoms. The van der Waals surface area contributed by atoms with Gasteiger partial charge in [0.15, 0.2) is 0 Å². The van der Waals surface area contributed by atoms with Gasteiger partial charge in [0, 0.05) is 0 Å². The van der Waals surface area contributed by atoms with Crippen molar-refractivity contribution < 1.29 is 14.0 Å². The largest absolute Gasteiger partial charge is 0.370 e. The molecule has 0 unspecified atom stereocenters. The fraction of sp³-hybridized carbons (Fsp3) is 0.800. The van der Waals surface area contributed by atoms with E-state index in [0.29, 0.717) is 30.0 Å². The lowest BCUT2D eigenvalue weighted by Crippen LogP contribution is -2.55. The number of hydrogen-bond donors (Lipinski definition) is 0. The Labute approximate surface area is 80.3 Å². The molecule has 1 aliphatic rings. The van der Waals surface area contributed by atoms with E-state index in [4.69, 9.17) is 4.74 Å². The molecule has 3 heteroatoms. The van der Waals surface area contributed by atoms with Crippen LogP contribution >= 0.6 is 0 Å². The van der Waals surface area contributed by atoms with Crippen LogP contribution in [0, 0.1) is 6.92 Å². The van der Waals surface area contributed by atoms with Gasteiger partial charge in [-0.2, -0.15) is 0 Å². The van der Waals surface area contributed by atoms with Crippen LogP contribution in [-0.2, 0) is 9.53 Å². The molecule has 0 atom stereocenters. The normalized spacial score (nSPS) is 21.4. The Hall–Kier alpha value is -0.410. The van der Waals surface area contributed by atoms with Gasteiger partial charge in [-0.1, -0.05) is 13.3 Å². The second kappa shape index (κ2) is 4.72. The molecular formula is C10H19NO2+. The van der Waals surface area contributed by atoms with Gasteiger partial charge in [0.2, 0.25) is 0 Å². The third kappa shape index (κ3) is 2.78. The molecule has 0 aliphatic carbocycles. The van der Waals surface area contributed by atoms with E-state index in [1.807, 2.05) is 7.05 Å². The maximum Gasteiger partial charge on any atom is 0.313 e. The number of amides is 1. The first-order valence-corrected chi connectivity index (χ1v) is 4.94. The van der Waals surface area contributed by atoms with E-state index in [2.05, 4.69) is 6.92 Å². The van der Waals surface area contributed by atoms with Gasteiger partial charge in [-0.25, -0.2) is 4.79 Å². The molecule has 1 heterocycles. The van der Waals surface area contributed by atoms with Crippen LogP contribution in [0.5, 0.6) is 0 Å². The van der Waals surface area contributed by atoms with E-state index in [1.165, 1.54) is 0 Å². The highest BCUT2D eigenvalue weighted by Crippen LogP contribution is 2.12. The van der Waals surface area contributed by atoms with E-state index < -0.39 is 0 Å². The van der Waals surface area contributed by atoms with Gasteiger partial charge in [0.25, 0.3) is 0 Å². The van der Waals surface area contributed by atoms with Crippen molar-refractivity contribution in [3.63, 3.8) is 0 Å². The van der Waals surface area contributed by atoms with Crippen molar-refractivity contribution in [1.82, 2.24) is 0 Å². The van der Waals surface area contributed by atoms with E-state index in [0.717, 1.165) is 25.9 Å². The number of unbranched alkanes of at least 4 members (excludes halogenated alkanes) is 1. The van der Waals surface area contributed by atoms with Crippen LogP contribution in [-0.4, -0.2) is 43.7 Å². The quantitative estimate of drug-likeness (QED) is 0.613. The summed E-state index contributed by atoms with van der Waals surface area (Å²) >= 11 is 0. The number of ether oxygens (including phenoxy) is 1. The Kier molecular flexibility index (Phi) is 3.88. The first kappa shape index (κ1) is 10.7. The van der Waals surface area contributed by atoms with Crippen molar-refractivity contribution >= 4 is 5.91 Å². The van der Waals surface area contributed by atoms with Gasteiger partial charge in [-0.3, -0.25) is 4.48 Å². The molecule has 1 fully saturated rings. The Balaban J connectivity index is 2.42. The first-order valence-electron chi connectivity index (χ1n) is 4.94. The highest BCUT2D eigenvalue weighted by Gasteiger charge is 2.32. The molecule has 0 aromatic heterocycles. The minimum Gasteiger partial charge on any atom is -0.370 e. The molecule has 0 N–H and O–H groups in total. The van der Waals surface area contributed by atoms with Gasteiger partial charge in [0.1, 0.15) is 13.1 Å². The number of nitrogens with zero attached hydrogens (tertiary/aromatic N) is 1. The minimum absolute atomic E-state index is 0.340. The first-order chi connectivity index (χ1) is 6.19. The van der Waals surface area contributed by atoms with Gasteiger partial charge >= 0.3 is 5.91 Å². The lowest BCUT2D eigenvalue weighted by molar-refractivity contribution is -0.843. The SMILES string of the molecule is [CH2]CCCC(=O)[N+]1(C)CCOCC1. The smallest absolute Gasteiger partial charge is 0.313 e. The Morgan fingerprint density at radius 1 is 1.46 bits per heavy atom. The molecule has 0 saturated carbocycles. The summed E-state index contributed by atoms with van der Waals surface area (Å²) in [6.07, 6.45) is 2.43. The van der Waals surface area contributed by atoms with Crippen molar-refractivity contribution in [2.45, 2.75) is 19.3 Å². The second-order valence-electron chi connectivity index (χ2n) is 3.81. The summed E-state index contributed by atoms with van der Waals surface area (Å²) in [4.78, 5) is 11.8. The summed E-state index contributed by atoms with van der Waals surface area (Å²) in [5, 5.41) is 0. The number of likely N-dealkylation sites (N-methyl/N-ethyl adjacent to an activating group) is 1. The monoisotopic (exact) mass is 185 g/mol. The third-order valence-electron chi connectivity index (χ3n) is 2.70. The lowest BCUT2D eigenvalue weighted by Gasteiger charge is -2.34. The summed E-state index contributed by atoms with van der Waals surface area (Å²) < 4.78 is 5.79. The topological polar surface area (TPSA) is 26.3 Å². The van der Waals surface area contributed by atoms with Crippen molar-refractivity contribution in [2.24, 2.45) is 0 Å². The predicted molar refractivity (Wildman–Crippen MR) is 51.0 cm³/mol. The average molecular weight is 185 g/mol. The van der Waals surface area contributed by atoms with Gasteiger partial charge in [-0.05, 0) is 6.42 Å². The highest BCUT2D eigenvalue weighted by molar-refractivity contribution is 5.68. The van der Waals surface area contributed by atoms with Gasteiger partial charge < -0.3 is 4.74 Å². The fourth-order valence-electron chi connectivity index (χ4n) is 1.54. The lowest BCUT2D eigenvalue weighted by atomic mass is 10.2. The van der Waals surface area contributed by atoms with Gasteiger partial charge in [0.05, 0.1) is 26.7 Å². The maximum absolute atomic E-state index is 11.8. The Morgan fingerprint density at radius 3 is 2.62 bits per heavy atom. The van der Waals surface area contributed by atoms with Crippen LogP contribution < -0.4 is 0 Å². The maximum atomic E-state index is 11.8. The second-order valence-corrected chi connectivity index (χ2v) is 3.81. The molecular weight excluding hydrogens is 166 g/mol. The molecule has 3 nitrogen and oxygen atoms in total. The predicted octanol–water partition coefficient (Wildman–Crippen LogP) is 0.994. The van der Waals surface area contributed by atoms with Crippen LogP contribution in [0.15, 0.2) is 0 Å². The molecule has 0 spiro atoms. The molecule has 0 aromatic carbocycles. The van der Waals surface area contributed by atoms with Crippen molar-refractivity contribution in [1.29, 1.82) is 0 Å². The van der Waals surface area contributed by atoms with Crippen LogP contribution in [0.2, 0.25) is 0 Å². The van der Waals surface area contributed by atoms with Crippen LogP contribution in [0.3, 0.4) is 0 Å². The molecule has 13 heavy (non-hydrogen) atoms. The number of hydrogen-bond acceptors (Lipinski definition) is 2. The van der Waals surface area contributed by atoms with E-state index in [1.54, 1.807) is 0 Å². The number of rotatable bonds is 3. The van der Waals surface area contributed by atoms with Crippen molar-refractivity contribution in [2.75, 3.05) is 33.4 Å².